The average molecular weight is 326 g/mol. The lowest BCUT2D eigenvalue weighted by Gasteiger charge is -2.16. The summed E-state index contributed by atoms with van der Waals surface area (Å²) in [4.78, 5) is 27.1. The summed E-state index contributed by atoms with van der Waals surface area (Å²) in [7, 11) is 0. The highest BCUT2D eigenvalue weighted by atomic mass is 32.2. The van der Waals surface area contributed by atoms with Gasteiger partial charge in [0.25, 0.3) is 5.91 Å². The number of imide groups is 1. The molecule has 2 aromatic carbocycles. The van der Waals surface area contributed by atoms with E-state index in [9.17, 15) is 9.59 Å². The van der Waals surface area contributed by atoms with Crippen LogP contribution < -0.4 is 5.32 Å². The van der Waals surface area contributed by atoms with Crippen LogP contribution >= 0.6 is 11.8 Å². The Kier molecular flexibility index (Phi) is 4.67. The fourth-order valence-corrected chi connectivity index (χ4v) is 3.02. The molecule has 118 valence electrons. The lowest BCUT2D eigenvalue weighted by Crippen LogP contribution is -2.34. The van der Waals surface area contributed by atoms with E-state index in [1.165, 1.54) is 4.90 Å². The number of rotatable bonds is 5. The molecule has 1 aliphatic rings. The lowest BCUT2D eigenvalue weighted by atomic mass is 10.2. The van der Waals surface area contributed by atoms with Gasteiger partial charge in [-0.25, -0.2) is 0 Å². The fourth-order valence-electron chi connectivity index (χ4n) is 2.62. The predicted octanol–water partition coefficient (Wildman–Crippen LogP) is 3.15. The van der Waals surface area contributed by atoms with Crippen molar-refractivity contribution in [3.05, 3.63) is 60.2 Å². The van der Waals surface area contributed by atoms with E-state index < -0.39 is 6.04 Å². The van der Waals surface area contributed by atoms with Gasteiger partial charge in [0.15, 0.2) is 0 Å². The van der Waals surface area contributed by atoms with Crippen LogP contribution in [0.15, 0.2) is 59.5 Å². The number of benzene rings is 2. The molecule has 1 aliphatic heterocycles. The molecular formula is C18H18N2O2S. The SMILES string of the molecule is CSc1ccc(NC2CC(=O)N(Cc3ccccc3)C2=O)cc1. The zero-order valence-electron chi connectivity index (χ0n) is 12.9. The van der Waals surface area contributed by atoms with Gasteiger partial charge in [-0.05, 0) is 36.1 Å². The molecule has 0 saturated carbocycles. The second kappa shape index (κ2) is 6.87. The van der Waals surface area contributed by atoms with Gasteiger partial charge in [0.05, 0.1) is 13.0 Å². The maximum atomic E-state index is 12.5. The minimum Gasteiger partial charge on any atom is -0.373 e. The standard InChI is InChI=1S/C18H18N2O2S/c1-23-15-9-7-14(8-10-15)19-16-11-17(21)20(18(16)22)12-13-5-3-2-4-6-13/h2-10,16,19H,11-12H2,1H3. The Morgan fingerprint density at radius 2 is 1.78 bits per heavy atom. The molecule has 2 amide bonds. The van der Waals surface area contributed by atoms with E-state index in [0.717, 1.165) is 16.1 Å². The van der Waals surface area contributed by atoms with Crippen molar-refractivity contribution >= 4 is 29.3 Å². The number of hydrogen-bond donors (Lipinski definition) is 1. The van der Waals surface area contributed by atoms with Gasteiger partial charge in [0, 0.05) is 10.6 Å². The highest BCUT2D eigenvalue weighted by molar-refractivity contribution is 7.98. The van der Waals surface area contributed by atoms with Crippen LogP contribution in [0.2, 0.25) is 0 Å². The summed E-state index contributed by atoms with van der Waals surface area (Å²) in [5.41, 5.74) is 1.81. The average Bonchev–Trinajstić information content (AvgIpc) is 2.84. The van der Waals surface area contributed by atoms with Crippen molar-refractivity contribution in [1.29, 1.82) is 0 Å². The van der Waals surface area contributed by atoms with Gasteiger partial charge in [0.1, 0.15) is 6.04 Å². The number of nitrogens with zero attached hydrogens (tertiary/aromatic N) is 1. The van der Waals surface area contributed by atoms with Crippen LogP contribution in [0, 0.1) is 0 Å². The molecule has 0 spiro atoms. The summed E-state index contributed by atoms with van der Waals surface area (Å²) in [6.07, 6.45) is 2.22. The van der Waals surface area contributed by atoms with Crippen molar-refractivity contribution in [2.24, 2.45) is 0 Å². The number of carbonyl (C=O) groups excluding carboxylic acids is 2. The molecule has 5 heteroatoms. The zero-order chi connectivity index (χ0) is 16.2. The zero-order valence-corrected chi connectivity index (χ0v) is 13.7. The van der Waals surface area contributed by atoms with Gasteiger partial charge >= 0.3 is 0 Å². The van der Waals surface area contributed by atoms with Crippen molar-refractivity contribution in [2.75, 3.05) is 11.6 Å². The molecule has 0 radical (unpaired) electrons. The quantitative estimate of drug-likeness (QED) is 0.677. The van der Waals surface area contributed by atoms with Crippen LogP contribution in [0.25, 0.3) is 0 Å². The summed E-state index contributed by atoms with van der Waals surface area (Å²) in [5.74, 6) is -0.287. The Bertz CT molecular complexity index is 701. The number of likely N-dealkylation sites (tertiary alicyclic amines) is 1. The topological polar surface area (TPSA) is 49.4 Å². The molecule has 0 aliphatic carbocycles. The Morgan fingerprint density at radius 3 is 2.43 bits per heavy atom. The highest BCUT2D eigenvalue weighted by Crippen LogP contribution is 2.22. The second-order valence-electron chi connectivity index (χ2n) is 5.43. The molecule has 0 aromatic heterocycles. The smallest absolute Gasteiger partial charge is 0.252 e. The van der Waals surface area contributed by atoms with Gasteiger partial charge in [-0.15, -0.1) is 11.8 Å². The van der Waals surface area contributed by atoms with Crippen LogP contribution in [-0.2, 0) is 16.1 Å². The third-order valence-corrected chi connectivity index (χ3v) is 4.60. The first-order chi connectivity index (χ1) is 11.2. The van der Waals surface area contributed by atoms with Gasteiger partial charge < -0.3 is 5.32 Å². The number of anilines is 1. The van der Waals surface area contributed by atoms with Crippen LogP contribution in [0.4, 0.5) is 5.69 Å². The Balaban J connectivity index is 1.68. The molecular weight excluding hydrogens is 308 g/mol. The highest BCUT2D eigenvalue weighted by Gasteiger charge is 2.38. The number of nitrogens with one attached hydrogen (secondary N) is 1. The number of hydrogen-bond acceptors (Lipinski definition) is 4. The van der Waals surface area contributed by atoms with Gasteiger partial charge in [0.2, 0.25) is 5.91 Å². The molecule has 3 rings (SSSR count). The Labute approximate surface area is 139 Å². The minimum atomic E-state index is -0.480. The summed E-state index contributed by atoms with van der Waals surface area (Å²) in [6.45, 7) is 0.335. The maximum absolute atomic E-state index is 12.5. The van der Waals surface area contributed by atoms with Gasteiger partial charge in [-0.1, -0.05) is 30.3 Å². The predicted molar refractivity (Wildman–Crippen MR) is 92.2 cm³/mol. The van der Waals surface area contributed by atoms with Crippen molar-refractivity contribution < 1.29 is 9.59 Å². The molecule has 1 fully saturated rings. The van der Waals surface area contributed by atoms with E-state index in [0.29, 0.717) is 6.54 Å². The van der Waals surface area contributed by atoms with Crippen LogP contribution in [0.3, 0.4) is 0 Å². The van der Waals surface area contributed by atoms with Crippen molar-refractivity contribution in [2.45, 2.75) is 23.9 Å². The molecule has 1 atom stereocenters. The van der Waals surface area contributed by atoms with E-state index in [2.05, 4.69) is 5.32 Å². The first kappa shape index (κ1) is 15.6. The summed E-state index contributed by atoms with van der Waals surface area (Å²) < 4.78 is 0. The molecule has 1 N–H and O–H groups in total. The first-order valence-corrected chi connectivity index (χ1v) is 8.68. The van der Waals surface area contributed by atoms with E-state index in [-0.39, 0.29) is 18.2 Å². The molecule has 1 heterocycles. The number of thioether (sulfide) groups is 1. The van der Waals surface area contributed by atoms with Crippen LogP contribution in [-0.4, -0.2) is 29.0 Å². The number of carbonyl (C=O) groups is 2. The summed E-state index contributed by atoms with van der Waals surface area (Å²) >= 11 is 1.67. The van der Waals surface area contributed by atoms with E-state index >= 15 is 0 Å². The Morgan fingerprint density at radius 1 is 1.09 bits per heavy atom. The summed E-state index contributed by atoms with van der Waals surface area (Å²) in [5, 5.41) is 3.17. The van der Waals surface area contributed by atoms with Gasteiger partial charge in [-0.3, -0.25) is 14.5 Å². The van der Waals surface area contributed by atoms with Crippen molar-refractivity contribution in [3.63, 3.8) is 0 Å². The molecule has 1 saturated heterocycles. The van der Waals surface area contributed by atoms with Crippen molar-refractivity contribution in [1.82, 2.24) is 4.90 Å². The van der Waals surface area contributed by atoms with E-state index in [4.69, 9.17) is 0 Å². The van der Waals surface area contributed by atoms with Gasteiger partial charge in [-0.2, -0.15) is 0 Å². The minimum absolute atomic E-state index is 0.128. The Hall–Kier alpha value is -2.27. The molecule has 23 heavy (non-hydrogen) atoms. The molecule has 2 aromatic rings. The normalized spacial score (nSPS) is 17.6. The second-order valence-corrected chi connectivity index (χ2v) is 6.31. The summed E-state index contributed by atoms with van der Waals surface area (Å²) in [6, 6.07) is 16.9. The molecule has 1 unspecified atom stereocenters. The lowest BCUT2D eigenvalue weighted by molar-refractivity contribution is -0.139. The maximum Gasteiger partial charge on any atom is 0.252 e. The van der Waals surface area contributed by atoms with E-state index in [1.54, 1.807) is 11.8 Å². The third kappa shape index (κ3) is 3.56. The largest absolute Gasteiger partial charge is 0.373 e. The monoisotopic (exact) mass is 326 g/mol. The molecule has 0 bridgehead atoms. The number of amides is 2. The third-order valence-electron chi connectivity index (χ3n) is 3.86. The van der Waals surface area contributed by atoms with E-state index in [1.807, 2.05) is 60.9 Å². The fraction of sp³-hybridized carbons (Fsp3) is 0.222. The first-order valence-electron chi connectivity index (χ1n) is 7.46. The van der Waals surface area contributed by atoms with Crippen molar-refractivity contribution in [3.8, 4) is 0 Å². The van der Waals surface area contributed by atoms with Crippen LogP contribution in [0.5, 0.6) is 0 Å². The molecule has 4 nitrogen and oxygen atoms in total. The van der Waals surface area contributed by atoms with Crippen LogP contribution in [0.1, 0.15) is 12.0 Å².